The topological polar surface area (TPSA) is 75.4 Å². The molecule has 150 valence electrons. The number of carbonyl (C=O) groups is 2. The third-order valence-electron chi connectivity index (χ3n) is 5.27. The summed E-state index contributed by atoms with van der Waals surface area (Å²) in [6.07, 6.45) is 6.01. The van der Waals surface area contributed by atoms with Crippen molar-refractivity contribution in [1.29, 1.82) is 0 Å². The van der Waals surface area contributed by atoms with Gasteiger partial charge in [0.1, 0.15) is 5.82 Å². The SMILES string of the molecule is Cc1ccc(CNC(=O)C2CCN(C(=O)CCCCCCN)CC2)cc1F. The Morgan fingerprint density at radius 1 is 1.19 bits per heavy atom. The van der Waals surface area contributed by atoms with E-state index in [1.807, 2.05) is 11.0 Å². The summed E-state index contributed by atoms with van der Waals surface area (Å²) in [7, 11) is 0. The van der Waals surface area contributed by atoms with Crippen molar-refractivity contribution >= 4 is 11.8 Å². The van der Waals surface area contributed by atoms with Gasteiger partial charge >= 0.3 is 0 Å². The summed E-state index contributed by atoms with van der Waals surface area (Å²) in [6, 6.07) is 5.01. The van der Waals surface area contributed by atoms with Gasteiger partial charge in [-0.15, -0.1) is 0 Å². The molecule has 0 unspecified atom stereocenters. The van der Waals surface area contributed by atoms with Crippen molar-refractivity contribution in [2.45, 2.75) is 58.4 Å². The number of halogens is 1. The number of aryl methyl sites for hydroxylation is 1. The number of unbranched alkanes of at least 4 members (excludes halogenated alkanes) is 3. The normalized spacial score (nSPS) is 15.0. The lowest BCUT2D eigenvalue weighted by atomic mass is 9.95. The molecule has 0 radical (unpaired) electrons. The van der Waals surface area contributed by atoms with E-state index in [0.29, 0.717) is 51.0 Å². The Kier molecular flexibility index (Phi) is 8.72. The minimum Gasteiger partial charge on any atom is -0.352 e. The van der Waals surface area contributed by atoms with E-state index in [0.717, 1.165) is 31.2 Å². The van der Waals surface area contributed by atoms with E-state index in [2.05, 4.69) is 5.32 Å². The first-order valence-electron chi connectivity index (χ1n) is 10.0. The van der Waals surface area contributed by atoms with Gasteiger partial charge in [0.05, 0.1) is 0 Å². The van der Waals surface area contributed by atoms with Gasteiger partial charge in [-0.3, -0.25) is 9.59 Å². The molecule has 0 saturated carbocycles. The molecule has 3 N–H and O–H groups in total. The molecule has 5 nitrogen and oxygen atoms in total. The smallest absolute Gasteiger partial charge is 0.223 e. The lowest BCUT2D eigenvalue weighted by Crippen LogP contribution is -2.42. The molecule has 6 heteroatoms. The minimum absolute atomic E-state index is 0.00938. The number of likely N-dealkylation sites (tertiary alicyclic amines) is 1. The van der Waals surface area contributed by atoms with E-state index in [-0.39, 0.29) is 23.5 Å². The van der Waals surface area contributed by atoms with Crippen molar-refractivity contribution in [3.8, 4) is 0 Å². The summed E-state index contributed by atoms with van der Waals surface area (Å²) < 4.78 is 13.6. The van der Waals surface area contributed by atoms with E-state index in [4.69, 9.17) is 5.73 Å². The van der Waals surface area contributed by atoms with Gasteiger partial charge in [0.25, 0.3) is 0 Å². The molecule has 1 fully saturated rings. The largest absolute Gasteiger partial charge is 0.352 e. The second-order valence-corrected chi connectivity index (χ2v) is 7.41. The fourth-order valence-corrected chi connectivity index (χ4v) is 3.40. The van der Waals surface area contributed by atoms with Crippen LogP contribution in [0.25, 0.3) is 0 Å². The third kappa shape index (κ3) is 6.94. The number of amides is 2. The first-order chi connectivity index (χ1) is 13.0. The van der Waals surface area contributed by atoms with E-state index in [1.165, 1.54) is 6.07 Å². The summed E-state index contributed by atoms with van der Waals surface area (Å²) in [4.78, 5) is 26.5. The van der Waals surface area contributed by atoms with Crippen LogP contribution in [0, 0.1) is 18.7 Å². The Morgan fingerprint density at radius 2 is 1.89 bits per heavy atom. The zero-order chi connectivity index (χ0) is 19.6. The maximum Gasteiger partial charge on any atom is 0.223 e. The second kappa shape index (κ2) is 11.0. The number of nitrogens with two attached hydrogens (primary N) is 1. The highest BCUT2D eigenvalue weighted by molar-refractivity contribution is 5.80. The summed E-state index contributed by atoms with van der Waals surface area (Å²) in [5.41, 5.74) is 6.82. The molecule has 1 aromatic carbocycles. The minimum atomic E-state index is -0.253. The van der Waals surface area contributed by atoms with Crippen LogP contribution in [0.3, 0.4) is 0 Å². The standard InChI is InChI=1S/C21H32FN3O2/c1-16-7-8-17(14-19(16)22)15-24-21(27)18-9-12-25(13-10-18)20(26)6-4-2-3-5-11-23/h7-8,14,18H,2-6,9-13,15,23H2,1H3,(H,24,27). The van der Waals surface area contributed by atoms with Crippen LogP contribution in [0.1, 0.15) is 56.1 Å². The van der Waals surface area contributed by atoms with Crippen molar-refractivity contribution in [3.63, 3.8) is 0 Å². The lowest BCUT2D eigenvalue weighted by molar-refractivity contribution is -0.135. The number of carbonyl (C=O) groups excluding carboxylic acids is 2. The summed E-state index contributed by atoms with van der Waals surface area (Å²) in [6.45, 7) is 4.03. The fourth-order valence-electron chi connectivity index (χ4n) is 3.40. The van der Waals surface area contributed by atoms with E-state index >= 15 is 0 Å². The highest BCUT2D eigenvalue weighted by Gasteiger charge is 2.26. The zero-order valence-electron chi connectivity index (χ0n) is 16.3. The summed E-state index contributed by atoms with van der Waals surface area (Å²) in [5, 5.41) is 2.89. The molecule has 0 aromatic heterocycles. The van der Waals surface area contributed by atoms with E-state index in [1.54, 1.807) is 13.0 Å². The number of benzene rings is 1. The zero-order valence-corrected chi connectivity index (χ0v) is 16.3. The predicted molar refractivity (Wildman–Crippen MR) is 104 cm³/mol. The first-order valence-corrected chi connectivity index (χ1v) is 10.0. The Hall–Kier alpha value is -1.95. The van der Waals surface area contributed by atoms with Crippen LogP contribution >= 0.6 is 0 Å². The number of nitrogens with zero attached hydrogens (tertiary/aromatic N) is 1. The number of rotatable bonds is 9. The third-order valence-corrected chi connectivity index (χ3v) is 5.27. The van der Waals surface area contributed by atoms with Crippen molar-refractivity contribution in [2.75, 3.05) is 19.6 Å². The highest BCUT2D eigenvalue weighted by Crippen LogP contribution is 2.19. The fraction of sp³-hybridized carbons (Fsp3) is 0.619. The molecule has 2 amide bonds. The van der Waals surface area contributed by atoms with Crippen LogP contribution in [0.4, 0.5) is 4.39 Å². The van der Waals surface area contributed by atoms with Crippen molar-refractivity contribution in [2.24, 2.45) is 11.7 Å². The monoisotopic (exact) mass is 377 g/mol. The quantitative estimate of drug-likeness (QED) is 0.650. The van der Waals surface area contributed by atoms with Crippen molar-refractivity contribution < 1.29 is 14.0 Å². The number of piperidine rings is 1. The summed E-state index contributed by atoms with van der Waals surface area (Å²) >= 11 is 0. The van der Waals surface area contributed by atoms with E-state index < -0.39 is 0 Å². The average Bonchev–Trinajstić information content (AvgIpc) is 2.68. The van der Waals surface area contributed by atoms with Crippen LogP contribution in [0.2, 0.25) is 0 Å². The van der Waals surface area contributed by atoms with Gasteiger partial charge < -0.3 is 16.0 Å². The molecule has 1 aliphatic heterocycles. The summed E-state index contributed by atoms with van der Waals surface area (Å²) in [5.74, 6) is -0.146. The molecule has 1 aliphatic rings. The maximum absolute atomic E-state index is 13.6. The van der Waals surface area contributed by atoms with Crippen LogP contribution in [-0.4, -0.2) is 36.3 Å². The molecular formula is C21H32FN3O2. The van der Waals surface area contributed by atoms with Crippen LogP contribution in [0.15, 0.2) is 18.2 Å². The van der Waals surface area contributed by atoms with Crippen molar-refractivity contribution in [1.82, 2.24) is 10.2 Å². The molecule has 1 aromatic rings. The molecule has 0 spiro atoms. The Labute approximate surface area is 161 Å². The molecule has 1 heterocycles. The molecule has 1 saturated heterocycles. The van der Waals surface area contributed by atoms with Gasteiger partial charge in [-0.2, -0.15) is 0 Å². The molecule has 0 atom stereocenters. The predicted octanol–water partition coefficient (Wildman–Crippen LogP) is 2.90. The van der Waals surface area contributed by atoms with Crippen LogP contribution < -0.4 is 11.1 Å². The van der Waals surface area contributed by atoms with Gasteiger partial charge in [0.15, 0.2) is 0 Å². The van der Waals surface area contributed by atoms with Crippen LogP contribution in [0.5, 0.6) is 0 Å². The molecule has 0 aliphatic carbocycles. The Bertz CT molecular complexity index is 628. The van der Waals surface area contributed by atoms with Gasteiger partial charge in [0.2, 0.25) is 11.8 Å². The molecule has 0 bridgehead atoms. The van der Waals surface area contributed by atoms with Crippen LogP contribution in [-0.2, 0) is 16.1 Å². The number of hydrogen-bond donors (Lipinski definition) is 2. The number of nitrogens with one attached hydrogen (secondary N) is 1. The lowest BCUT2D eigenvalue weighted by Gasteiger charge is -2.31. The average molecular weight is 378 g/mol. The Balaban J connectivity index is 1.67. The molecule has 27 heavy (non-hydrogen) atoms. The Morgan fingerprint density at radius 3 is 2.56 bits per heavy atom. The number of hydrogen-bond acceptors (Lipinski definition) is 3. The van der Waals surface area contributed by atoms with Gasteiger partial charge in [-0.25, -0.2) is 4.39 Å². The van der Waals surface area contributed by atoms with Gasteiger partial charge in [-0.05, 0) is 56.3 Å². The van der Waals surface area contributed by atoms with Crippen molar-refractivity contribution in [3.05, 3.63) is 35.1 Å². The maximum atomic E-state index is 13.6. The van der Waals surface area contributed by atoms with Gasteiger partial charge in [0, 0.05) is 32.0 Å². The van der Waals surface area contributed by atoms with E-state index in [9.17, 15) is 14.0 Å². The highest BCUT2D eigenvalue weighted by atomic mass is 19.1. The van der Waals surface area contributed by atoms with Gasteiger partial charge in [-0.1, -0.05) is 25.0 Å². The molecular weight excluding hydrogens is 345 g/mol. The second-order valence-electron chi connectivity index (χ2n) is 7.41. The molecule has 2 rings (SSSR count). The first kappa shape index (κ1) is 21.4.